The van der Waals surface area contributed by atoms with E-state index >= 15 is 0 Å². The zero-order valence-electron chi connectivity index (χ0n) is 11.2. The number of piperidine rings is 1. The molecule has 3 aliphatic rings. The second-order valence-corrected chi connectivity index (χ2v) is 5.77. The van der Waals surface area contributed by atoms with Gasteiger partial charge in [0.2, 0.25) is 0 Å². The summed E-state index contributed by atoms with van der Waals surface area (Å²) in [6.07, 6.45) is 5.67. The molecule has 2 saturated heterocycles. The molecule has 94 valence electrons. The van der Waals surface area contributed by atoms with E-state index in [-0.39, 0.29) is 0 Å². The van der Waals surface area contributed by atoms with E-state index in [9.17, 15) is 0 Å². The van der Waals surface area contributed by atoms with Gasteiger partial charge in [-0.05, 0) is 44.7 Å². The molecule has 3 fully saturated rings. The lowest BCUT2D eigenvalue weighted by Crippen LogP contribution is -2.60. The van der Waals surface area contributed by atoms with Crippen molar-refractivity contribution in [2.75, 3.05) is 26.3 Å². The Morgan fingerprint density at radius 2 is 1.62 bits per heavy atom. The van der Waals surface area contributed by atoms with Crippen LogP contribution in [-0.4, -0.2) is 37.2 Å². The lowest BCUT2D eigenvalue weighted by Gasteiger charge is -2.57. The monoisotopic (exact) mass is 225 g/mol. The molecule has 2 nitrogen and oxygen atoms in total. The van der Waals surface area contributed by atoms with E-state index in [1.807, 2.05) is 13.8 Å². The van der Waals surface area contributed by atoms with Gasteiger partial charge in [0.05, 0.1) is 13.2 Å². The van der Waals surface area contributed by atoms with Gasteiger partial charge in [-0.2, -0.15) is 0 Å². The first-order valence-corrected chi connectivity index (χ1v) is 7.09. The van der Waals surface area contributed by atoms with Crippen LogP contribution in [0.3, 0.4) is 0 Å². The first-order chi connectivity index (χ1) is 7.77. The highest BCUT2D eigenvalue weighted by Gasteiger charge is 2.51. The van der Waals surface area contributed by atoms with Crippen LogP contribution in [0.2, 0.25) is 0 Å². The molecule has 0 bridgehead atoms. The van der Waals surface area contributed by atoms with Crippen molar-refractivity contribution in [1.82, 2.24) is 4.90 Å². The fraction of sp³-hybridized carbons (Fsp3) is 1.00. The number of rotatable bonds is 1. The van der Waals surface area contributed by atoms with Crippen molar-refractivity contribution >= 4 is 0 Å². The maximum Gasteiger partial charge on any atom is 0.0545 e. The molecule has 2 aliphatic heterocycles. The maximum atomic E-state index is 5.31. The molecule has 0 aromatic carbocycles. The first-order valence-electron chi connectivity index (χ1n) is 7.09. The van der Waals surface area contributed by atoms with E-state index in [0.717, 1.165) is 25.2 Å². The molecular weight excluding hydrogens is 198 g/mol. The number of ether oxygens (including phenoxy) is 1. The Kier molecular flexibility index (Phi) is 3.91. The number of likely N-dealkylation sites (tertiary alicyclic amines) is 1. The smallest absolute Gasteiger partial charge is 0.0545 e. The summed E-state index contributed by atoms with van der Waals surface area (Å²) in [7, 11) is 0. The van der Waals surface area contributed by atoms with Crippen molar-refractivity contribution in [2.24, 2.45) is 11.3 Å². The Morgan fingerprint density at radius 1 is 1.06 bits per heavy atom. The first kappa shape index (κ1) is 12.4. The van der Waals surface area contributed by atoms with Crippen LogP contribution in [0, 0.1) is 11.3 Å². The number of hydrogen-bond donors (Lipinski definition) is 0. The third kappa shape index (κ3) is 2.28. The van der Waals surface area contributed by atoms with Crippen LogP contribution in [-0.2, 0) is 4.74 Å². The van der Waals surface area contributed by atoms with Gasteiger partial charge in [0.15, 0.2) is 0 Å². The van der Waals surface area contributed by atoms with Crippen LogP contribution in [0.15, 0.2) is 0 Å². The summed E-state index contributed by atoms with van der Waals surface area (Å²) in [6, 6.07) is 0.909. The minimum absolute atomic E-state index is 0.647. The van der Waals surface area contributed by atoms with Gasteiger partial charge in [0.1, 0.15) is 0 Å². The lowest BCUT2D eigenvalue weighted by molar-refractivity contribution is -0.186. The molecule has 2 heteroatoms. The highest BCUT2D eigenvalue weighted by molar-refractivity contribution is 5.02. The average Bonchev–Trinajstić information content (AvgIpc) is 2.20. The van der Waals surface area contributed by atoms with Crippen molar-refractivity contribution in [1.29, 1.82) is 0 Å². The molecule has 0 amide bonds. The summed E-state index contributed by atoms with van der Waals surface area (Å²) in [5.74, 6) is 0.965. The van der Waals surface area contributed by atoms with Crippen molar-refractivity contribution in [3.63, 3.8) is 0 Å². The van der Waals surface area contributed by atoms with Gasteiger partial charge in [0, 0.05) is 11.5 Å². The summed E-state index contributed by atoms with van der Waals surface area (Å²) < 4.78 is 5.31. The Labute approximate surface area is 100 Å². The minimum Gasteiger partial charge on any atom is -0.380 e. The fourth-order valence-electron chi connectivity index (χ4n) is 3.22. The Morgan fingerprint density at radius 3 is 2.06 bits per heavy atom. The van der Waals surface area contributed by atoms with Crippen LogP contribution >= 0.6 is 0 Å². The predicted molar refractivity (Wildman–Crippen MR) is 67.6 cm³/mol. The van der Waals surface area contributed by atoms with Crippen molar-refractivity contribution < 1.29 is 4.74 Å². The second kappa shape index (κ2) is 5.05. The van der Waals surface area contributed by atoms with Crippen LogP contribution in [0.25, 0.3) is 0 Å². The summed E-state index contributed by atoms with van der Waals surface area (Å²) in [5, 5.41) is 0. The summed E-state index contributed by atoms with van der Waals surface area (Å²) in [5.41, 5.74) is 0.647. The normalized spacial score (nSPS) is 30.2. The van der Waals surface area contributed by atoms with Crippen molar-refractivity contribution in [3.8, 4) is 0 Å². The van der Waals surface area contributed by atoms with E-state index < -0.39 is 0 Å². The lowest BCUT2D eigenvalue weighted by atomic mass is 9.63. The van der Waals surface area contributed by atoms with Crippen molar-refractivity contribution in [3.05, 3.63) is 0 Å². The van der Waals surface area contributed by atoms with Gasteiger partial charge in [-0.1, -0.05) is 20.8 Å². The third-order valence-corrected chi connectivity index (χ3v) is 4.49. The molecule has 2 heterocycles. The molecule has 1 spiro atoms. The predicted octanol–water partition coefficient (Wildman–Crippen LogP) is 2.92. The maximum absolute atomic E-state index is 5.31. The molecule has 3 rings (SSSR count). The van der Waals surface area contributed by atoms with Crippen LogP contribution in [0.4, 0.5) is 0 Å². The zero-order valence-corrected chi connectivity index (χ0v) is 11.2. The topological polar surface area (TPSA) is 12.5 Å². The highest BCUT2D eigenvalue weighted by atomic mass is 16.5. The summed E-state index contributed by atoms with van der Waals surface area (Å²) >= 11 is 0. The second-order valence-electron chi connectivity index (χ2n) is 5.77. The fourth-order valence-corrected chi connectivity index (χ4v) is 3.22. The molecule has 1 saturated carbocycles. The standard InChI is InChI=1S/C12H21NO.C2H6/c1-10-2-4-13(5-3-10)11-6-12(7-11)8-14-9-12;1-2/h10-11H,2-9H2,1H3;1-2H3. The van der Waals surface area contributed by atoms with Gasteiger partial charge in [-0.3, -0.25) is 0 Å². The molecule has 1 aliphatic carbocycles. The molecule has 0 aromatic heterocycles. The Bertz CT molecular complexity index is 209. The van der Waals surface area contributed by atoms with Crippen LogP contribution in [0.5, 0.6) is 0 Å². The number of nitrogens with zero attached hydrogens (tertiary/aromatic N) is 1. The third-order valence-electron chi connectivity index (χ3n) is 4.49. The molecular formula is C14H27NO. The number of hydrogen-bond acceptors (Lipinski definition) is 2. The summed E-state index contributed by atoms with van der Waals surface area (Å²) in [6.45, 7) is 11.2. The highest BCUT2D eigenvalue weighted by Crippen LogP contribution is 2.49. The largest absolute Gasteiger partial charge is 0.380 e. The van der Waals surface area contributed by atoms with Crippen molar-refractivity contribution in [2.45, 2.75) is 52.5 Å². The van der Waals surface area contributed by atoms with Crippen LogP contribution < -0.4 is 0 Å². The molecule has 0 N–H and O–H groups in total. The van der Waals surface area contributed by atoms with Gasteiger partial charge in [-0.25, -0.2) is 0 Å². The van der Waals surface area contributed by atoms with Gasteiger partial charge in [0.25, 0.3) is 0 Å². The minimum atomic E-state index is 0.647. The average molecular weight is 225 g/mol. The molecule has 0 radical (unpaired) electrons. The Hall–Kier alpha value is -0.0800. The van der Waals surface area contributed by atoms with Gasteiger partial charge in [-0.15, -0.1) is 0 Å². The van der Waals surface area contributed by atoms with E-state index in [1.165, 1.54) is 38.8 Å². The van der Waals surface area contributed by atoms with Gasteiger partial charge < -0.3 is 9.64 Å². The van der Waals surface area contributed by atoms with Crippen LogP contribution in [0.1, 0.15) is 46.5 Å². The van der Waals surface area contributed by atoms with E-state index in [0.29, 0.717) is 5.41 Å². The van der Waals surface area contributed by atoms with Gasteiger partial charge >= 0.3 is 0 Å². The quantitative estimate of drug-likeness (QED) is 0.680. The van der Waals surface area contributed by atoms with E-state index in [2.05, 4.69) is 11.8 Å². The molecule has 0 aromatic rings. The SMILES string of the molecule is CC.CC1CCN(C2CC3(COC3)C2)CC1. The molecule has 0 unspecified atom stereocenters. The molecule has 16 heavy (non-hydrogen) atoms. The van der Waals surface area contributed by atoms with E-state index in [1.54, 1.807) is 0 Å². The summed E-state index contributed by atoms with van der Waals surface area (Å²) in [4.78, 5) is 2.73. The zero-order chi connectivity index (χ0) is 11.6. The Balaban J connectivity index is 0.000000457. The van der Waals surface area contributed by atoms with E-state index in [4.69, 9.17) is 4.74 Å². The molecule has 0 atom stereocenters.